The Morgan fingerprint density at radius 3 is 2.71 bits per heavy atom. The minimum absolute atomic E-state index is 0.224. The van der Waals surface area contributed by atoms with Gasteiger partial charge in [0.05, 0.1) is 12.6 Å². The molecule has 0 radical (unpaired) electrons. The van der Waals surface area contributed by atoms with Crippen molar-refractivity contribution in [3.63, 3.8) is 0 Å². The number of amides is 1. The van der Waals surface area contributed by atoms with Crippen LogP contribution in [-0.4, -0.2) is 45.3 Å². The summed E-state index contributed by atoms with van der Waals surface area (Å²) in [5, 5.41) is 21.9. The number of nitrogens with one attached hydrogen (secondary N) is 1. The number of para-hydroxylation sites is 1. The number of benzene rings is 1. The fourth-order valence-electron chi connectivity index (χ4n) is 2.90. The third-order valence-corrected chi connectivity index (χ3v) is 5.27. The standard InChI is InChI=1S/C17H22N4O2S/c1-12(22)13-7-9-21(10-8-13)11-15-19-20-17(24-15)16(23)18-14-5-3-2-4-6-14/h2-6,12-13,22H,7-11H2,1H3,(H,18,23). The normalized spacial score (nSPS) is 17.6. The highest BCUT2D eigenvalue weighted by Crippen LogP contribution is 2.23. The monoisotopic (exact) mass is 346 g/mol. The van der Waals surface area contributed by atoms with Crippen molar-refractivity contribution in [3.05, 3.63) is 40.3 Å². The number of aromatic nitrogens is 2. The number of likely N-dealkylation sites (tertiary alicyclic amines) is 1. The molecule has 2 heterocycles. The van der Waals surface area contributed by atoms with Crippen LogP contribution in [-0.2, 0) is 6.54 Å². The van der Waals surface area contributed by atoms with Crippen molar-refractivity contribution in [1.82, 2.24) is 15.1 Å². The largest absolute Gasteiger partial charge is 0.393 e. The minimum Gasteiger partial charge on any atom is -0.393 e. The maximum absolute atomic E-state index is 12.2. The van der Waals surface area contributed by atoms with Gasteiger partial charge in [-0.1, -0.05) is 29.5 Å². The Morgan fingerprint density at radius 1 is 1.33 bits per heavy atom. The van der Waals surface area contributed by atoms with Crippen molar-refractivity contribution in [2.24, 2.45) is 5.92 Å². The van der Waals surface area contributed by atoms with Gasteiger partial charge in [0.1, 0.15) is 5.01 Å². The van der Waals surface area contributed by atoms with Gasteiger partial charge in [-0.3, -0.25) is 9.69 Å². The lowest BCUT2D eigenvalue weighted by Crippen LogP contribution is -2.36. The molecule has 1 aromatic heterocycles. The quantitative estimate of drug-likeness (QED) is 0.869. The number of anilines is 1. The third kappa shape index (κ3) is 4.37. The molecule has 6 nitrogen and oxygen atoms in total. The van der Waals surface area contributed by atoms with Gasteiger partial charge in [-0.25, -0.2) is 0 Å². The number of aliphatic hydroxyl groups is 1. The van der Waals surface area contributed by atoms with Gasteiger partial charge in [-0.15, -0.1) is 10.2 Å². The molecule has 0 aliphatic carbocycles. The second kappa shape index (κ2) is 7.83. The molecule has 1 atom stereocenters. The van der Waals surface area contributed by atoms with Gasteiger partial charge in [0, 0.05) is 5.69 Å². The van der Waals surface area contributed by atoms with Crippen molar-refractivity contribution < 1.29 is 9.90 Å². The van der Waals surface area contributed by atoms with Crippen molar-refractivity contribution in [1.29, 1.82) is 0 Å². The summed E-state index contributed by atoms with van der Waals surface area (Å²) in [6.07, 6.45) is 1.76. The second-order valence-electron chi connectivity index (χ2n) is 6.18. The molecule has 1 saturated heterocycles. The predicted molar refractivity (Wildman–Crippen MR) is 94.0 cm³/mol. The highest BCUT2D eigenvalue weighted by molar-refractivity contribution is 7.13. The van der Waals surface area contributed by atoms with Crippen LogP contribution in [0.3, 0.4) is 0 Å². The Balaban J connectivity index is 1.53. The van der Waals surface area contributed by atoms with Crippen LogP contribution in [0.2, 0.25) is 0 Å². The van der Waals surface area contributed by atoms with E-state index >= 15 is 0 Å². The molecular formula is C17H22N4O2S. The summed E-state index contributed by atoms with van der Waals surface area (Å²) in [7, 11) is 0. The minimum atomic E-state index is -0.234. The van der Waals surface area contributed by atoms with Gasteiger partial charge in [-0.2, -0.15) is 0 Å². The van der Waals surface area contributed by atoms with E-state index in [0.29, 0.717) is 17.5 Å². The lowest BCUT2D eigenvalue weighted by molar-refractivity contribution is 0.0694. The Labute approximate surface area is 145 Å². The number of aliphatic hydroxyl groups excluding tert-OH is 1. The van der Waals surface area contributed by atoms with Crippen LogP contribution in [0, 0.1) is 5.92 Å². The molecule has 3 rings (SSSR count). The molecule has 1 aliphatic rings. The van der Waals surface area contributed by atoms with Crippen molar-refractivity contribution >= 4 is 22.9 Å². The number of piperidine rings is 1. The van der Waals surface area contributed by atoms with Crippen molar-refractivity contribution in [3.8, 4) is 0 Å². The summed E-state index contributed by atoms with van der Waals surface area (Å²) in [5.41, 5.74) is 0.749. The zero-order chi connectivity index (χ0) is 16.9. The van der Waals surface area contributed by atoms with E-state index in [9.17, 15) is 9.90 Å². The highest BCUT2D eigenvalue weighted by atomic mass is 32.1. The molecule has 24 heavy (non-hydrogen) atoms. The average Bonchev–Trinajstić information content (AvgIpc) is 3.05. The van der Waals surface area contributed by atoms with E-state index < -0.39 is 0 Å². The van der Waals surface area contributed by atoms with Crippen LogP contribution < -0.4 is 5.32 Å². The lowest BCUT2D eigenvalue weighted by atomic mass is 9.92. The molecule has 2 aromatic rings. The first kappa shape index (κ1) is 17.0. The molecule has 2 N–H and O–H groups in total. The Bertz CT molecular complexity index is 666. The molecule has 1 amide bonds. The van der Waals surface area contributed by atoms with E-state index in [1.54, 1.807) is 0 Å². The van der Waals surface area contributed by atoms with Crippen LogP contribution in [0.5, 0.6) is 0 Å². The predicted octanol–water partition coefficient (Wildman–Crippen LogP) is 2.38. The van der Waals surface area contributed by atoms with E-state index in [4.69, 9.17) is 0 Å². The van der Waals surface area contributed by atoms with Crippen molar-refractivity contribution in [2.45, 2.75) is 32.4 Å². The summed E-state index contributed by atoms with van der Waals surface area (Å²) >= 11 is 1.34. The summed E-state index contributed by atoms with van der Waals surface area (Å²) < 4.78 is 0. The first-order chi connectivity index (χ1) is 11.6. The van der Waals surface area contributed by atoms with E-state index in [-0.39, 0.29) is 12.0 Å². The molecular weight excluding hydrogens is 324 g/mol. The zero-order valence-electron chi connectivity index (χ0n) is 13.7. The fraction of sp³-hybridized carbons (Fsp3) is 0.471. The number of hydrogen-bond donors (Lipinski definition) is 2. The van der Waals surface area contributed by atoms with Gasteiger partial charge < -0.3 is 10.4 Å². The second-order valence-corrected chi connectivity index (χ2v) is 7.24. The average molecular weight is 346 g/mol. The molecule has 1 aliphatic heterocycles. The van der Waals surface area contributed by atoms with Crippen LogP contribution in [0.25, 0.3) is 0 Å². The molecule has 1 unspecified atom stereocenters. The maximum atomic E-state index is 12.2. The van der Waals surface area contributed by atoms with Crippen LogP contribution in [0.15, 0.2) is 30.3 Å². The SMILES string of the molecule is CC(O)C1CCN(Cc2nnc(C(=O)Nc3ccccc3)s2)CC1. The maximum Gasteiger partial charge on any atom is 0.286 e. The fourth-order valence-corrected chi connectivity index (χ4v) is 3.68. The highest BCUT2D eigenvalue weighted by Gasteiger charge is 2.23. The summed E-state index contributed by atoms with van der Waals surface area (Å²) in [5.74, 6) is 0.167. The molecule has 7 heteroatoms. The van der Waals surface area contributed by atoms with E-state index in [1.807, 2.05) is 37.3 Å². The van der Waals surface area contributed by atoms with Gasteiger partial charge in [0.2, 0.25) is 5.01 Å². The van der Waals surface area contributed by atoms with E-state index in [2.05, 4.69) is 20.4 Å². The van der Waals surface area contributed by atoms with Gasteiger partial charge >= 0.3 is 0 Å². The van der Waals surface area contributed by atoms with Gasteiger partial charge in [-0.05, 0) is 50.9 Å². The van der Waals surface area contributed by atoms with Gasteiger partial charge in [0.25, 0.3) is 5.91 Å². The zero-order valence-corrected chi connectivity index (χ0v) is 14.5. The smallest absolute Gasteiger partial charge is 0.286 e. The summed E-state index contributed by atoms with van der Waals surface area (Å²) in [6.45, 7) is 4.47. The van der Waals surface area contributed by atoms with Crippen LogP contribution in [0.1, 0.15) is 34.6 Å². The summed E-state index contributed by atoms with van der Waals surface area (Å²) in [6, 6.07) is 9.33. The first-order valence-electron chi connectivity index (χ1n) is 8.21. The molecule has 128 valence electrons. The van der Waals surface area contributed by atoms with Gasteiger partial charge in [0.15, 0.2) is 0 Å². The molecule has 0 bridgehead atoms. The Morgan fingerprint density at radius 2 is 2.04 bits per heavy atom. The molecule has 0 saturated carbocycles. The Hall–Kier alpha value is -1.83. The number of carbonyl (C=O) groups is 1. The van der Waals surface area contributed by atoms with E-state index in [1.165, 1.54) is 11.3 Å². The number of carbonyl (C=O) groups excluding carboxylic acids is 1. The van der Waals surface area contributed by atoms with Crippen LogP contribution in [0.4, 0.5) is 5.69 Å². The number of nitrogens with zero attached hydrogens (tertiary/aromatic N) is 3. The molecule has 1 fully saturated rings. The molecule has 1 aromatic carbocycles. The van der Waals surface area contributed by atoms with E-state index in [0.717, 1.165) is 36.6 Å². The first-order valence-corrected chi connectivity index (χ1v) is 9.02. The lowest BCUT2D eigenvalue weighted by Gasteiger charge is -2.32. The third-order valence-electron chi connectivity index (χ3n) is 4.37. The number of hydrogen-bond acceptors (Lipinski definition) is 6. The topological polar surface area (TPSA) is 78.3 Å². The van der Waals surface area contributed by atoms with Crippen molar-refractivity contribution in [2.75, 3.05) is 18.4 Å². The summed E-state index contributed by atoms with van der Waals surface area (Å²) in [4.78, 5) is 14.5. The molecule has 0 spiro atoms. The number of rotatable bonds is 5. The van der Waals surface area contributed by atoms with Crippen LogP contribution >= 0.6 is 11.3 Å². The Kier molecular flexibility index (Phi) is 5.55.